The number of Topliss-reactive ketones (excluding diaryl/α,β-unsaturated/α-hetero) is 1. The first-order chi connectivity index (χ1) is 12.5. The molecule has 0 fully saturated rings. The average molecular weight is 369 g/mol. The molecule has 4 nitrogen and oxygen atoms in total. The number of para-hydroxylation sites is 1. The third-order valence-corrected chi connectivity index (χ3v) is 6.37. The number of aromatic nitrogens is 1. The summed E-state index contributed by atoms with van der Waals surface area (Å²) in [6.07, 6.45) is 3.09. The molecule has 1 heterocycles. The van der Waals surface area contributed by atoms with Gasteiger partial charge in [-0.2, -0.15) is 0 Å². The number of unbranched alkanes of at least 4 members (excludes halogenated alkanes) is 2. The minimum absolute atomic E-state index is 0.119. The minimum Gasteiger partial charge on any atom is -0.292 e. The lowest BCUT2D eigenvalue weighted by molar-refractivity contribution is 0.0973. The van der Waals surface area contributed by atoms with Crippen molar-refractivity contribution < 1.29 is 13.2 Å². The second-order valence-corrected chi connectivity index (χ2v) is 8.24. The second kappa shape index (κ2) is 7.46. The van der Waals surface area contributed by atoms with Crippen molar-refractivity contribution in [1.29, 1.82) is 0 Å². The van der Waals surface area contributed by atoms with Crippen LogP contribution in [0.3, 0.4) is 0 Å². The highest BCUT2D eigenvalue weighted by Crippen LogP contribution is 2.31. The molecule has 0 atom stereocenters. The number of hydrogen-bond donors (Lipinski definition) is 0. The van der Waals surface area contributed by atoms with Crippen molar-refractivity contribution >= 4 is 26.7 Å². The Kier molecular flexibility index (Phi) is 5.28. The van der Waals surface area contributed by atoms with Crippen LogP contribution < -0.4 is 0 Å². The zero-order valence-corrected chi connectivity index (χ0v) is 15.9. The molecule has 0 radical (unpaired) electrons. The molecule has 0 N–H and O–H groups in total. The van der Waals surface area contributed by atoms with Crippen molar-refractivity contribution in [2.75, 3.05) is 0 Å². The Bertz CT molecular complexity index is 1030. The number of carbonyl (C=O) groups excluding carboxylic acids is 1. The summed E-state index contributed by atoms with van der Waals surface area (Å²) in [6.45, 7) is 3.90. The summed E-state index contributed by atoms with van der Waals surface area (Å²) in [4.78, 5) is 13.1. The van der Waals surface area contributed by atoms with Crippen LogP contribution in [0, 0.1) is 6.92 Å². The summed E-state index contributed by atoms with van der Waals surface area (Å²) in [7, 11) is -3.86. The third kappa shape index (κ3) is 3.19. The molecule has 2 aromatic carbocycles. The van der Waals surface area contributed by atoms with Gasteiger partial charge in [0.25, 0.3) is 10.0 Å². The second-order valence-electron chi connectivity index (χ2n) is 6.45. The Morgan fingerprint density at radius 3 is 2.31 bits per heavy atom. The molecule has 3 rings (SSSR count). The summed E-state index contributed by atoms with van der Waals surface area (Å²) >= 11 is 0. The summed E-state index contributed by atoms with van der Waals surface area (Å²) < 4.78 is 27.9. The first-order valence-electron chi connectivity index (χ1n) is 8.92. The number of nitrogens with zero attached hydrogens (tertiary/aromatic N) is 1. The highest BCUT2D eigenvalue weighted by Gasteiger charge is 2.28. The topological polar surface area (TPSA) is 56.1 Å². The van der Waals surface area contributed by atoms with E-state index in [4.69, 9.17) is 0 Å². The van der Waals surface area contributed by atoms with E-state index in [-0.39, 0.29) is 16.4 Å². The van der Waals surface area contributed by atoms with Gasteiger partial charge in [0.1, 0.15) is 5.69 Å². The van der Waals surface area contributed by atoms with Crippen LogP contribution >= 0.6 is 0 Å². The van der Waals surface area contributed by atoms with Crippen LogP contribution in [0.1, 0.15) is 48.7 Å². The molecule has 0 unspecified atom stereocenters. The first-order valence-corrected chi connectivity index (χ1v) is 10.4. The molecule has 0 bridgehead atoms. The fraction of sp³-hybridized carbons (Fsp3) is 0.286. The monoisotopic (exact) mass is 369 g/mol. The van der Waals surface area contributed by atoms with Crippen molar-refractivity contribution in [1.82, 2.24) is 3.97 Å². The van der Waals surface area contributed by atoms with Crippen molar-refractivity contribution in [3.05, 3.63) is 65.9 Å². The lowest BCUT2D eigenvalue weighted by Crippen LogP contribution is -2.19. The standard InChI is InChI=1S/C21H23NO3S/c1-3-4-6-15-20(23)21-16(2)18-13-9-10-14-19(18)22(21)26(24,25)17-11-7-5-8-12-17/h5,7-14H,3-4,6,15H2,1-2H3. The first kappa shape index (κ1) is 18.4. The van der Waals surface area contributed by atoms with Gasteiger partial charge in [-0.1, -0.05) is 56.2 Å². The van der Waals surface area contributed by atoms with E-state index in [1.54, 1.807) is 42.5 Å². The molecular weight excluding hydrogens is 346 g/mol. The molecule has 1 aromatic heterocycles. The highest BCUT2D eigenvalue weighted by atomic mass is 32.2. The van der Waals surface area contributed by atoms with Crippen LogP contribution in [-0.2, 0) is 10.0 Å². The van der Waals surface area contributed by atoms with E-state index in [1.165, 1.54) is 3.97 Å². The number of carbonyl (C=O) groups is 1. The molecular formula is C21H23NO3S. The van der Waals surface area contributed by atoms with E-state index < -0.39 is 10.0 Å². The van der Waals surface area contributed by atoms with Gasteiger partial charge in [-0.25, -0.2) is 12.4 Å². The highest BCUT2D eigenvalue weighted by molar-refractivity contribution is 7.90. The molecule has 0 spiro atoms. The maximum atomic E-state index is 13.3. The third-order valence-electron chi connectivity index (χ3n) is 4.64. The van der Waals surface area contributed by atoms with Crippen LogP contribution in [0.2, 0.25) is 0 Å². The van der Waals surface area contributed by atoms with E-state index in [0.717, 1.165) is 30.2 Å². The Morgan fingerprint density at radius 2 is 1.62 bits per heavy atom. The van der Waals surface area contributed by atoms with E-state index in [2.05, 4.69) is 6.92 Å². The van der Waals surface area contributed by atoms with Crippen molar-refractivity contribution in [2.24, 2.45) is 0 Å². The van der Waals surface area contributed by atoms with Crippen LogP contribution in [0.25, 0.3) is 10.9 Å². The molecule has 0 saturated heterocycles. The Balaban J connectivity index is 2.24. The fourth-order valence-electron chi connectivity index (χ4n) is 3.29. The zero-order valence-electron chi connectivity index (χ0n) is 15.1. The average Bonchev–Trinajstić information content (AvgIpc) is 2.96. The van der Waals surface area contributed by atoms with E-state index >= 15 is 0 Å². The maximum Gasteiger partial charge on any atom is 0.268 e. The lowest BCUT2D eigenvalue weighted by atomic mass is 10.1. The Labute approximate surface area is 154 Å². The summed E-state index contributed by atoms with van der Waals surface area (Å²) in [5.74, 6) is -0.119. The van der Waals surface area contributed by atoms with E-state index in [1.807, 2.05) is 19.1 Å². The number of fused-ring (bicyclic) bond motifs is 1. The molecule has 136 valence electrons. The number of rotatable bonds is 7. The molecule has 26 heavy (non-hydrogen) atoms. The van der Waals surface area contributed by atoms with Crippen LogP contribution in [-0.4, -0.2) is 18.2 Å². The smallest absolute Gasteiger partial charge is 0.268 e. The van der Waals surface area contributed by atoms with Gasteiger partial charge in [0.2, 0.25) is 0 Å². The summed E-state index contributed by atoms with van der Waals surface area (Å²) in [5, 5.41) is 0.797. The molecule has 0 aliphatic rings. The maximum absolute atomic E-state index is 13.3. The quantitative estimate of drug-likeness (QED) is 0.437. The van der Waals surface area contributed by atoms with E-state index in [0.29, 0.717) is 11.9 Å². The number of ketones is 1. The Morgan fingerprint density at radius 1 is 0.962 bits per heavy atom. The van der Waals surface area contributed by atoms with Crippen molar-refractivity contribution in [2.45, 2.75) is 44.4 Å². The van der Waals surface area contributed by atoms with Gasteiger partial charge >= 0.3 is 0 Å². The van der Waals surface area contributed by atoms with Gasteiger partial charge in [-0.05, 0) is 37.1 Å². The summed E-state index contributed by atoms with van der Waals surface area (Å²) in [5.41, 5.74) is 1.56. The molecule has 3 aromatic rings. The largest absolute Gasteiger partial charge is 0.292 e. The molecule has 5 heteroatoms. The number of benzene rings is 2. The SMILES string of the molecule is CCCCCC(=O)c1c(C)c2ccccc2n1S(=O)(=O)c1ccccc1. The van der Waals surface area contributed by atoms with Gasteiger partial charge in [0, 0.05) is 11.8 Å². The van der Waals surface area contributed by atoms with Gasteiger partial charge in [-0.3, -0.25) is 4.79 Å². The normalized spacial score (nSPS) is 11.8. The van der Waals surface area contributed by atoms with Crippen LogP contribution in [0.4, 0.5) is 0 Å². The van der Waals surface area contributed by atoms with E-state index in [9.17, 15) is 13.2 Å². The van der Waals surface area contributed by atoms with Gasteiger partial charge in [0.15, 0.2) is 5.78 Å². The van der Waals surface area contributed by atoms with Crippen LogP contribution in [0.5, 0.6) is 0 Å². The van der Waals surface area contributed by atoms with Gasteiger partial charge in [0.05, 0.1) is 10.4 Å². The molecule has 0 saturated carbocycles. The molecule has 0 amide bonds. The lowest BCUT2D eigenvalue weighted by Gasteiger charge is -2.12. The molecule has 0 aliphatic carbocycles. The molecule has 0 aliphatic heterocycles. The number of aryl methyl sites for hydroxylation is 1. The van der Waals surface area contributed by atoms with Crippen LogP contribution in [0.15, 0.2) is 59.5 Å². The predicted octanol–water partition coefficient (Wildman–Crippen LogP) is 4.95. The predicted molar refractivity (Wildman–Crippen MR) is 104 cm³/mol. The Hall–Kier alpha value is -2.40. The zero-order chi connectivity index (χ0) is 18.7. The van der Waals surface area contributed by atoms with Crippen molar-refractivity contribution in [3.63, 3.8) is 0 Å². The van der Waals surface area contributed by atoms with Crippen molar-refractivity contribution in [3.8, 4) is 0 Å². The number of hydrogen-bond acceptors (Lipinski definition) is 3. The fourth-order valence-corrected chi connectivity index (χ4v) is 4.90. The summed E-state index contributed by atoms with van der Waals surface area (Å²) in [6, 6.07) is 15.5. The minimum atomic E-state index is -3.86. The van der Waals surface area contributed by atoms with Gasteiger partial charge < -0.3 is 0 Å². The van der Waals surface area contributed by atoms with Gasteiger partial charge in [-0.15, -0.1) is 0 Å².